The van der Waals surface area contributed by atoms with Crippen LogP contribution in [-0.2, 0) is 12.1 Å². The first-order chi connectivity index (χ1) is 52.3. The molecule has 11 aromatic rings. The van der Waals surface area contributed by atoms with Gasteiger partial charge in [0.15, 0.2) is 47.9 Å². The molecule has 0 unspecified atom stereocenters. The molecular weight excluding hydrogens is 1390 g/mol. The average molecular weight is 1490 g/mol. The number of aliphatic hydroxyl groups is 2. The molecule has 5 aliphatic rings. The number of likely N-dealkylation sites (N-methyl/N-ethyl adjacent to an activating group) is 3. The molecule has 110 heavy (non-hydrogen) atoms. The van der Waals surface area contributed by atoms with Gasteiger partial charge in [-0.2, -0.15) is 0 Å². The number of benzene rings is 10. The van der Waals surface area contributed by atoms with Crippen molar-refractivity contribution in [1.29, 1.82) is 0 Å². The van der Waals surface area contributed by atoms with Gasteiger partial charge in [-0.05, 0) is 130 Å². The third-order valence-electron chi connectivity index (χ3n) is 21.4. The molecule has 0 saturated heterocycles. The fourth-order valence-electron chi connectivity index (χ4n) is 15.8. The monoisotopic (exact) mass is 1490 g/mol. The molecule has 16 heteroatoms. The molecule has 15 nitrogen and oxygen atoms in total. The van der Waals surface area contributed by atoms with Gasteiger partial charge in [0.2, 0.25) is 0 Å². The van der Waals surface area contributed by atoms with Crippen molar-refractivity contribution in [3.05, 3.63) is 296 Å². The van der Waals surface area contributed by atoms with Crippen molar-refractivity contribution in [2.75, 3.05) is 114 Å². The number of halogens is 1. The zero-order valence-electron chi connectivity index (χ0n) is 64.2. The van der Waals surface area contributed by atoms with Gasteiger partial charge in [0, 0.05) is 92.1 Å². The second-order valence-electron chi connectivity index (χ2n) is 31.3. The fourth-order valence-corrected chi connectivity index (χ4v) is 15.8. The van der Waals surface area contributed by atoms with Gasteiger partial charge in [0.1, 0.15) is 26.2 Å². The Balaban J connectivity index is 0.000000136. The largest absolute Gasteiger partial charge is 1.00 e. The van der Waals surface area contributed by atoms with E-state index in [9.17, 15) is 29.1 Å². The number of carbonyl (C=O) groups is 5. The molecule has 564 valence electrons. The van der Waals surface area contributed by atoms with Crippen molar-refractivity contribution < 1.29 is 64.6 Å². The molecule has 10 N–H and O–H groups in total. The smallest absolute Gasteiger partial charge is 0.196 e. The van der Waals surface area contributed by atoms with Gasteiger partial charge in [-0.25, -0.2) is 4.57 Å². The van der Waals surface area contributed by atoms with Crippen LogP contribution in [-0.4, -0.2) is 166 Å². The average Bonchev–Trinajstić information content (AvgIpc) is 0.772. The van der Waals surface area contributed by atoms with E-state index in [0.29, 0.717) is 67.9 Å². The summed E-state index contributed by atoms with van der Waals surface area (Å²) in [5.41, 5.74) is 36.6. The van der Waals surface area contributed by atoms with Crippen molar-refractivity contribution in [2.24, 2.45) is 22.9 Å². The lowest BCUT2D eigenvalue weighted by atomic mass is 9.86. The number of hydrogen-bond acceptors (Lipinski definition) is 11. The van der Waals surface area contributed by atoms with Crippen LogP contribution in [0.4, 0.5) is 0 Å². The number of hydrogen-bond donors (Lipinski definition) is 6. The Bertz CT molecular complexity index is 5370. The van der Waals surface area contributed by atoms with Gasteiger partial charge in [-0.15, -0.1) is 0 Å². The second-order valence-corrected chi connectivity index (χ2v) is 31.3. The Hall–Kier alpha value is -10.4. The summed E-state index contributed by atoms with van der Waals surface area (Å²) in [6.07, 6.45) is 16.7. The van der Waals surface area contributed by atoms with Crippen LogP contribution in [0.5, 0.6) is 0 Å². The summed E-state index contributed by atoms with van der Waals surface area (Å²) in [5, 5.41) is 30.2. The van der Waals surface area contributed by atoms with E-state index >= 15 is 0 Å². The fraction of sp³-hybridized carbons (Fsp3) is 0.255. The number of quaternary nitrogens is 3. The van der Waals surface area contributed by atoms with Crippen LogP contribution in [0.1, 0.15) is 118 Å². The van der Waals surface area contributed by atoms with Gasteiger partial charge in [-0.1, -0.05) is 182 Å². The van der Waals surface area contributed by atoms with Gasteiger partial charge < -0.3 is 59.0 Å². The first-order valence-corrected chi connectivity index (χ1v) is 37.8. The number of nitrogens with zero attached hydrogens (tertiary/aromatic N) is 4. The molecule has 0 fully saturated rings. The minimum Gasteiger partial charge on any atom is -1.00 e. The van der Waals surface area contributed by atoms with E-state index in [-0.39, 0.29) is 47.9 Å². The number of aliphatic hydroxyl groups excluding tert-OH is 1. The summed E-state index contributed by atoms with van der Waals surface area (Å²) >= 11 is 0. The molecule has 1 aromatic heterocycles. The quantitative estimate of drug-likeness (QED) is 0.0225. The summed E-state index contributed by atoms with van der Waals surface area (Å²) < 4.78 is 3.99. The van der Waals surface area contributed by atoms with Crippen molar-refractivity contribution >= 4 is 113 Å². The molecule has 5 aliphatic carbocycles. The van der Waals surface area contributed by atoms with Crippen LogP contribution in [0.25, 0.3) is 84.2 Å². The lowest BCUT2D eigenvalue weighted by Crippen LogP contribution is -3.00. The minimum atomic E-state index is -0.867. The summed E-state index contributed by atoms with van der Waals surface area (Å²) in [6.45, 7) is 11.8. The topological polar surface area (TPSA) is 234 Å². The molecule has 0 amide bonds. The third kappa shape index (κ3) is 17.9. The van der Waals surface area contributed by atoms with Crippen LogP contribution >= 0.6 is 0 Å². The molecule has 10 aromatic carbocycles. The maximum Gasteiger partial charge on any atom is 0.196 e. The highest BCUT2D eigenvalue weighted by atomic mass is 35.5. The maximum absolute atomic E-state index is 12.9. The van der Waals surface area contributed by atoms with Crippen molar-refractivity contribution in [2.45, 2.75) is 45.3 Å². The van der Waals surface area contributed by atoms with Crippen molar-refractivity contribution in [3.63, 3.8) is 0 Å². The molecule has 0 aliphatic heterocycles. The molecule has 0 saturated carbocycles. The predicted octanol–water partition coefficient (Wildman–Crippen LogP) is 10.9. The summed E-state index contributed by atoms with van der Waals surface area (Å²) in [7, 11) is 10.4. The highest BCUT2D eigenvalue weighted by Crippen LogP contribution is 2.38. The number of carbonyl (C=O) groups excluding carboxylic acids is 5. The molecule has 1 heterocycles. The number of ketones is 5. The summed E-state index contributed by atoms with van der Waals surface area (Å²) in [5.74, 6) is 0.670. The van der Waals surface area contributed by atoms with Crippen LogP contribution in [0, 0.1) is 0 Å². The Morgan fingerprint density at radius 3 is 0.964 bits per heavy atom. The molecule has 16 rings (SSSR count). The van der Waals surface area contributed by atoms with Gasteiger partial charge >= 0.3 is 0 Å². The first kappa shape index (κ1) is 80.6. The second kappa shape index (κ2) is 34.7. The van der Waals surface area contributed by atoms with Crippen LogP contribution < -0.4 is 39.9 Å². The maximum atomic E-state index is 12.9. The van der Waals surface area contributed by atoms with Crippen LogP contribution in [0.2, 0.25) is 0 Å². The number of rotatable bonds is 21. The van der Waals surface area contributed by atoms with E-state index in [1.54, 1.807) is 13.8 Å². The number of pyridine rings is 1. The highest BCUT2D eigenvalue weighted by molar-refractivity contribution is 6.26. The number of Topliss-reactive ketones (excluding diaryl/α,β-unsaturated/α-hetero) is 5. The number of unbranched alkanes of at least 4 members (excludes halogenated alkanes) is 1. The van der Waals surface area contributed by atoms with E-state index in [1.807, 2.05) is 189 Å². The zero-order valence-corrected chi connectivity index (χ0v) is 65.0. The summed E-state index contributed by atoms with van der Waals surface area (Å²) in [4.78, 5) is 63.9. The van der Waals surface area contributed by atoms with Gasteiger partial charge in [0.25, 0.3) is 0 Å². The van der Waals surface area contributed by atoms with E-state index in [0.717, 1.165) is 186 Å². The molecule has 0 bridgehead atoms. The Kier molecular flexibility index (Phi) is 25.4. The Labute approximate surface area is 651 Å². The lowest BCUT2D eigenvalue weighted by molar-refractivity contribution is -0.901. The number of nitrogens with two attached hydrogens (primary N) is 4. The number of aromatic nitrogens is 1. The van der Waals surface area contributed by atoms with Crippen molar-refractivity contribution in [1.82, 2.24) is 0 Å². The van der Waals surface area contributed by atoms with Gasteiger partial charge in [0.05, 0.1) is 89.4 Å². The highest BCUT2D eigenvalue weighted by Gasteiger charge is 2.33. The first-order valence-electron chi connectivity index (χ1n) is 37.8. The van der Waals surface area contributed by atoms with E-state index in [4.69, 9.17) is 28.0 Å². The van der Waals surface area contributed by atoms with E-state index in [1.165, 1.54) is 0 Å². The van der Waals surface area contributed by atoms with Crippen LogP contribution in [0.15, 0.2) is 234 Å². The Morgan fingerprint density at radius 1 is 0.355 bits per heavy atom. The normalized spacial score (nSPS) is 14.0. The molecular formula is C94H102ClN8O7+3. The van der Waals surface area contributed by atoms with Crippen molar-refractivity contribution in [3.8, 4) is 0 Å². The minimum absolute atomic E-state index is 0. The SMILES string of the molecule is CC(C)(O)c1cc[n+](CC2=Cc3cccc4cccc(c34)C2=O)cc1.C[N+](C)(CCN)CC1=Cc2cccc3cccc(c23)C1=O.C[N+](C)(CCO)CC1=Cc2cccc3cccc(c23)C1=O.C[N+](CCN)(CCN)CC1=Cc2cccc3cccc(c23)C1=O.NCCCCC1=Cc2cccc3cccc(c23)C1=O.[Cl-]. The molecule has 0 spiro atoms. The molecule has 0 radical (unpaired) electrons. The Morgan fingerprint density at radius 2 is 0.645 bits per heavy atom. The lowest BCUT2D eigenvalue weighted by Gasteiger charge is -2.35. The van der Waals surface area contributed by atoms with E-state index in [2.05, 4.69) is 87.9 Å². The van der Waals surface area contributed by atoms with Gasteiger partial charge in [-0.3, -0.25) is 24.0 Å². The molecule has 0 atom stereocenters. The summed E-state index contributed by atoms with van der Waals surface area (Å²) in [6, 6.07) is 64.2. The van der Waals surface area contributed by atoms with Crippen LogP contribution in [0.3, 0.4) is 0 Å². The number of allylic oxidation sites excluding steroid dienone is 2. The van der Waals surface area contributed by atoms with E-state index < -0.39 is 5.60 Å². The zero-order chi connectivity index (χ0) is 77.4. The third-order valence-corrected chi connectivity index (χ3v) is 21.4. The standard InChI is InChI=1S/C22H20NO2.C19H24N3O.C18H21N2O.C18H20NO2.C17H17NO.ClH/c1-22(2,25)18-9-11-23(12-10-18)14-17-13-16-7-3-5-15-6-4-8-19(20(15)16)21(17)24;1-22(10-8-20,11-9-21)13-16-12-15-6-2-4-14-5-3-7-17(18(14)15)19(16)23;1-20(2,10-9-19)12-15-11-14-7-3-5-13-6-4-8-16(17(13)14)18(15)21;1-19(2,9-10-20)12-15-11-14-7-3-5-13-6-4-8-16(17(13)14)18(15)21;18-10-2-1-5-14-11-13-8-3-6-12-7-4-9-15(16(12)13)17(14)19;/h3-13,25H,14H2,1-2H3;2-7,12H,8-11,13,20-21H2,1H3;3-8,11H,9-10,12,19H2,1-2H3;3-8,11,20H,9-10,12H2,1-2H3;3-4,6-9,11H,1-2,5,10,18H2;1H/q4*+1;;/p-1. The predicted molar refractivity (Wildman–Crippen MR) is 445 cm³/mol.